The van der Waals surface area contributed by atoms with E-state index < -0.39 is 15.8 Å². The van der Waals surface area contributed by atoms with Gasteiger partial charge in [0.15, 0.2) is 15.8 Å². The normalized spacial score (nSPS) is 32.0. The van der Waals surface area contributed by atoms with Gasteiger partial charge in [-0.1, -0.05) is 0 Å². The standard InChI is InChI=1S/C6H12N4O2P2/c1-7-5(11)8(2)14-10(4)6(12)9(3)13(7)14/h1-4H3. The molecule has 2 aliphatic heterocycles. The van der Waals surface area contributed by atoms with Crippen molar-refractivity contribution in [3.8, 4) is 0 Å². The summed E-state index contributed by atoms with van der Waals surface area (Å²) >= 11 is 0. The van der Waals surface area contributed by atoms with Crippen LogP contribution in [-0.4, -0.2) is 58.9 Å². The zero-order chi connectivity index (χ0) is 10.6. The van der Waals surface area contributed by atoms with Crippen LogP contribution in [0.2, 0.25) is 0 Å². The van der Waals surface area contributed by atoms with Crippen LogP contribution in [0.15, 0.2) is 0 Å². The highest BCUT2D eigenvalue weighted by molar-refractivity contribution is 8.28. The molecule has 2 heterocycles. The first-order valence-electron chi connectivity index (χ1n) is 4.09. The largest absolute Gasteiger partial charge is 0.329 e. The second kappa shape index (κ2) is 2.94. The van der Waals surface area contributed by atoms with E-state index in [1.807, 2.05) is 0 Å². The van der Waals surface area contributed by atoms with Gasteiger partial charge < -0.3 is 0 Å². The van der Waals surface area contributed by atoms with E-state index in [4.69, 9.17) is 0 Å². The Labute approximate surface area is 85.0 Å². The molecule has 2 rings (SSSR count). The molecule has 0 aromatic rings. The van der Waals surface area contributed by atoms with E-state index in [1.165, 1.54) is 0 Å². The van der Waals surface area contributed by atoms with Crippen LogP contribution in [0.5, 0.6) is 0 Å². The van der Waals surface area contributed by atoms with Crippen molar-refractivity contribution in [2.75, 3.05) is 28.2 Å². The highest BCUT2D eigenvalue weighted by atomic mass is 32.1. The molecule has 0 bridgehead atoms. The van der Waals surface area contributed by atoms with Gasteiger partial charge in [-0.15, -0.1) is 0 Å². The predicted octanol–water partition coefficient (Wildman–Crippen LogP) is 1.52. The molecule has 4 amide bonds. The summed E-state index contributed by atoms with van der Waals surface area (Å²) in [6.45, 7) is 0. The van der Waals surface area contributed by atoms with Gasteiger partial charge >= 0.3 is 12.1 Å². The maximum absolute atomic E-state index is 11.6. The van der Waals surface area contributed by atoms with Crippen molar-refractivity contribution in [1.29, 1.82) is 0 Å². The average Bonchev–Trinajstić information content (AvgIpc) is 2.51. The number of rotatable bonds is 0. The fourth-order valence-corrected chi connectivity index (χ4v) is 8.46. The van der Waals surface area contributed by atoms with Gasteiger partial charge in [-0.05, 0) is 0 Å². The summed E-state index contributed by atoms with van der Waals surface area (Å²) in [4.78, 5) is 23.3. The number of carbonyl (C=O) groups excluding carboxylic acids is 2. The lowest BCUT2D eigenvalue weighted by atomic mass is 10.9. The van der Waals surface area contributed by atoms with Crippen LogP contribution in [0.25, 0.3) is 0 Å². The third-order valence-electron chi connectivity index (χ3n) is 2.34. The van der Waals surface area contributed by atoms with Gasteiger partial charge in [0.1, 0.15) is 0 Å². The summed E-state index contributed by atoms with van der Waals surface area (Å²) < 4.78 is 6.73. The van der Waals surface area contributed by atoms with Crippen molar-refractivity contribution in [2.24, 2.45) is 0 Å². The van der Waals surface area contributed by atoms with E-state index in [1.54, 1.807) is 46.9 Å². The number of amides is 4. The summed E-state index contributed by atoms with van der Waals surface area (Å²) in [6, 6.07) is 0.0156. The van der Waals surface area contributed by atoms with Gasteiger partial charge in [0.05, 0.1) is 0 Å². The lowest BCUT2D eigenvalue weighted by Crippen LogP contribution is -2.33. The molecule has 8 heteroatoms. The minimum Gasteiger partial charge on any atom is -0.282 e. The zero-order valence-corrected chi connectivity index (χ0v) is 10.3. The lowest BCUT2D eigenvalue weighted by molar-refractivity contribution is 0.209. The predicted molar refractivity (Wildman–Crippen MR) is 55.7 cm³/mol. The average molecular weight is 234 g/mol. The van der Waals surface area contributed by atoms with Crippen LogP contribution in [0, 0.1) is 0 Å². The molecule has 0 unspecified atom stereocenters. The monoisotopic (exact) mass is 234 g/mol. The number of nitrogens with zero attached hydrogens (tertiary/aromatic N) is 4. The topological polar surface area (TPSA) is 47.1 Å². The molecule has 2 fully saturated rings. The van der Waals surface area contributed by atoms with Crippen molar-refractivity contribution >= 4 is 27.9 Å². The van der Waals surface area contributed by atoms with Gasteiger partial charge in [-0.3, -0.25) is 18.7 Å². The summed E-state index contributed by atoms with van der Waals surface area (Å²) in [5.41, 5.74) is 0. The van der Waals surface area contributed by atoms with Crippen LogP contribution in [-0.2, 0) is 0 Å². The molecule has 78 valence electrons. The Bertz CT molecular complexity index is 258. The van der Waals surface area contributed by atoms with Crippen molar-refractivity contribution in [3.05, 3.63) is 0 Å². The van der Waals surface area contributed by atoms with Gasteiger partial charge in [-0.2, -0.15) is 0 Å². The lowest BCUT2D eigenvalue weighted by Gasteiger charge is -2.20. The molecule has 0 radical (unpaired) electrons. The van der Waals surface area contributed by atoms with Gasteiger partial charge in [0.25, 0.3) is 0 Å². The number of carbonyl (C=O) groups is 2. The smallest absolute Gasteiger partial charge is 0.282 e. The van der Waals surface area contributed by atoms with Crippen LogP contribution in [0.1, 0.15) is 0 Å². The van der Waals surface area contributed by atoms with E-state index in [-0.39, 0.29) is 12.1 Å². The molecular formula is C6H12N4O2P2. The highest BCUT2D eigenvalue weighted by Crippen LogP contribution is 2.82. The molecule has 0 spiro atoms. The molecule has 0 atom stereocenters. The summed E-state index contributed by atoms with van der Waals surface area (Å²) in [5, 5.41) is 0. The second-order valence-electron chi connectivity index (χ2n) is 3.20. The fourth-order valence-electron chi connectivity index (χ4n) is 1.61. The minimum absolute atomic E-state index is 0.00780. The third kappa shape index (κ3) is 0.984. The molecule has 0 aliphatic carbocycles. The first kappa shape index (κ1) is 9.94. The van der Waals surface area contributed by atoms with Crippen molar-refractivity contribution < 1.29 is 9.59 Å². The Hall–Kier alpha value is -0.600. The van der Waals surface area contributed by atoms with Crippen molar-refractivity contribution in [2.45, 2.75) is 0 Å². The van der Waals surface area contributed by atoms with Crippen molar-refractivity contribution in [1.82, 2.24) is 18.7 Å². The SMILES string of the molecule is CN1C(=O)N(C)P2N(C)C(=O)N(C)P12. The third-order valence-corrected chi connectivity index (χ3v) is 9.67. The molecule has 0 N–H and O–H groups in total. The van der Waals surface area contributed by atoms with Gasteiger partial charge in [0, 0.05) is 28.2 Å². The maximum atomic E-state index is 11.6. The number of urea groups is 2. The molecule has 2 saturated heterocycles. The van der Waals surface area contributed by atoms with E-state index in [0.717, 1.165) is 0 Å². The minimum atomic E-state index is -0.789. The van der Waals surface area contributed by atoms with Crippen molar-refractivity contribution in [3.63, 3.8) is 0 Å². The van der Waals surface area contributed by atoms with E-state index in [9.17, 15) is 9.59 Å². The Morgan fingerprint density at radius 1 is 0.714 bits per heavy atom. The highest BCUT2D eigenvalue weighted by Gasteiger charge is 2.56. The second-order valence-corrected chi connectivity index (χ2v) is 8.82. The number of fused-ring (bicyclic) bond motifs is 1. The summed E-state index contributed by atoms with van der Waals surface area (Å²) in [6.07, 6.45) is 0. The Morgan fingerprint density at radius 3 is 1.14 bits per heavy atom. The number of hydrogen-bond acceptors (Lipinski definition) is 2. The van der Waals surface area contributed by atoms with Gasteiger partial charge in [-0.25, -0.2) is 9.59 Å². The quantitative estimate of drug-likeness (QED) is 0.596. The Morgan fingerprint density at radius 2 is 0.929 bits per heavy atom. The van der Waals surface area contributed by atoms with E-state index >= 15 is 0 Å². The Kier molecular flexibility index (Phi) is 2.09. The molecule has 0 aromatic carbocycles. The molecule has 0 saturated carbocycles. The molecule has 6 nitrogen and oxygen atoms in total. The van der Waals surface area contributed by atoms with Crippen LogP contribution in [0.3, 0.4) is 0 Å². The Balaban J connectivity index is 2.39. The van der Waals surface area contributed by atoms with Gasteiger partial charge in [0.2, 0.25) is 0 Å². The van der Waals surface area contributed by atoms with Crippen LogP contribution >= 0.6 is 15.8 Å². The van der Waals surface area contributed by atoms with Crippen LogP contribution < -0.4 is 0 Å². The molecule has 2 aliphatic rings. The number of hydrogen-bond donors (Lipinski definition) is 0. The summed E-state index contributed by atoms with van der Waals surface area (Å²) in [7, 11) is 5.46. The first-order valence-corrected chi connectivity index (χ1v) is 7.29. The van der Waals surface area contributed by atoms with E-state index in [0.29, 0.717) is 0 Å². The molecular weight excluding hydrogens is 222 g/mol. The zero-order valence-electron chi connectivity index (χ0n) is 8.50. The summed E-state index contributed by atoms with van der Waals surface area (Å²) in [5.74, 6) is 0. The maximum Gasteiger partial charge on any atom is 0.329 e. The van der Waals surface area contributed by atoms with E-state index in [2.05, 4.69) is 0 Å². The molecule has 0 aromatic heterocycles. The molecule has 14 heavy (non-hydrogen) atoms. The first-order chi connectivity index (χ1) is 6.46. The fraction of sp³-hybridized carbons (Fsp3) is 0.667. The van der Waals surface area contributed by atoms with Crippen LogP contribution in [0.4, 0.5) is 9.59 Å².